The van der Waals surface area contributed by atoms with Gasteiger partial charge in [-0.15, -0.1) is 0 Å². The summed E-state index contributed by atoms with van der Waals surface area (Å²) in [6.45, 7) is 0.449. The SMILES string of the molecule is N#Cc1ncn(Cc2cnn(-c3ccccc3)c2)c1C#N. The summed E-state index contributed by atoms with van der Waals surface area (Å²) in [5, 5.41) is 22.3. The molecule has 6 nitrogen and oxygen atoms in total. The van der Waals surface area contributed by atoms with Crippen LogP contribution < -0.4 is 0 Å². The Kier molecular flexibility index (Phi) is 3.20. The van der Waals surface area contributed by atoms with Crippen LogP contribution in [0.15, 0.2) is 49.1 Å². The lowest BCUT2D eigenvalue weighted by atomic mass is 10.3. The zero-order chi connectivity index (χ0) is 14.7. The van der Waals surface area contributed by atoms with E-state index in [2.05, 4.69) is 10.1 Å². The fourth-order valence-electron chi connectivity index (χ4n) is 2.06. The first kappa shape index (κ1) is 12.6. The van der Waals surface area contributed by atoms with E-state index in [0.717, 1.165) is 11.3 Å². The Morgan fingerprint density at radius 1 is 1.10 bits per heavy atom. The second-order valence-corrected chi connectivity index (χ2v) is 4.42. The Morgan fingerprint density at radius 2 is 1.90 bits per heavy atom. The minimum Gasteiger partial charge on any atom is -0.317 e. The van der Waals surface area contributed by atoms with Gasteiger partial charge >= 0.3 is 0 Å². The molecule has 0 aliphatic carbocycles. The quantitative estimate of drug-likeness (QED) is 0.729. The van der Waals surface area contributed by atoms with E-state index in [1.807, 2.05) is 48.7 Å². The van der Waals surface area contributed by atoms with Gasteiger partial charge in [0.25, 0.3) is 0 Å². The normalized spacial score (nSPS) is 10.0. The van der Waals surface area contributed by atoms with Crippen LogP contribution in [0, 0.1) is 22.7 Å². The van der Waals surface area contributed by atoms with Crippen molar-refractivity contribution < 1.29 is 0 Å². The molecule has 21 heavy (non-hydrogen) atoms. The lowest BCUT2D eigenvalue weighted by molar-refractivity contribution is 0.784. The maximum Gasteiger partial charge on any atom is 0.176 e. The van der Waals surface area contributed by atoms with Gasteiger partial charge in [-0.05, 0) is 12.1 Å². The van der Waals surface area contributed by atoms with Gasteiger partial charge in [-0.25, -0.2) is 9.67 Å². The van der Waals surface area contributed by atoms with Crippen LogP contribution in [-0.4, -0.2) is 19.3 Å². The first-order valence-electron chi connectivity index (χ1n) is 6.26. The second kappa shape index (κ2) is 5.32. The average molecular weight is 274 g/mol. The van der Waals surface area contributed by atoms with E-state index in [9.17, 15) is 0 Å². The molecule has 0 N–H and O–H groups in total. The van der Waals surface area contributed by atoms with E-state index in [-0.39, 0.29) is 11.4 Å². The molecule has 0 aliphatic rings. The van der Waals surface area contributed by atoms with Crippen LogP contribution in [-0.2, 0) is 6.54 Å². The maximum atomic E-state index is 9.10. The van der Waals surface area contributed by atoms with Crippen molar-refractivity contribution in [1.82, 2.24) is 19.3 Å². The van der Waals surface area contributed by atoms with Gasteiger partial charge in [-0.2, -0.15) is 15.6 Å². The molecule has 0 aliphatic heterocycles. The lowest BCUT2D eigenvalue weighted by Crippen LogP contribution is -2.01. The van der Waals surface area contributed by atoms with Gasteiger partial charge in [-0.1, -0.05) is 18.2 Å². The molecule has 0 spiro atoms. The highest BCUT2D eigenvalue weighted by Crippen LogP contribution is 2.11. The molecule has 0 amide bonds. The molecule has 0 radical (unpaired) electrons. The van der Waals surface area contributed by atoms with Gasteiger partial charge in [0.2, 0.25) is 0 Å². The van der Waals surface area contributed by atoms with E-state index in [1.54, 1.807) is 15.4 Å². The molecule has 0 saturated heterocycles. The van der Waals surface area contributed by atoms with Gasteiger partial charge in [0.1, 0.15) is 12.1 Å². The molecule has 100 valence electrons. The third kappa shape index (κ3) is 2.38. The van der Waals surface area contributed by atoms with Crippen LogP contribution in [0.5, 0.6) is 0 Å². The molecule has 0 atom stereocenters. The third-order valence-electron chi connectivity index (χ3n) is 3.06. The Morgan fingerprint density at radius 3 is 2.62 bits per heavy atom. The molecule has 2 heterocycles. The van der Waals surface area contributed by atoms with Crippen LogP contribution in [0.2, 0.25) is 0 Å². The largest absolute Gasteiger partial charge is 0.317 e. The van der Waals surface area contributed by atoms with E-state index in [1.165, 1.54) is 6.33 Å². The first-order valence-corrected chi connectivity index (χ1v) is 6.26. The fraction of sp³-hybridized carbons (Fsp3) is 0.0667. The molecule has 0 saturated carbocycles. The molecule has 1 aromatic carbocycles. The van der Waals surface area contributed by atoms with Gasteiger partial charge in [0.05, 0.1) is 24.8 Å². The van der Waals surface area contributed by atoms with Gasteiger partial charge in [-0.3, -0.25) is 0 Å². The summed E-state index contributed by atoms with van der Waals surface area (Å²) in [7, 11) is 0. The highest BCUT2D eigenvalue weighted by atomic mass is 15.3. The molecule has 2 aromatic heterocycles. The van der Waals surface area contributed by atoms with Crippen LogP contribution in [0.25, 0.3) is 5.69 Å². The summed E-state index contributed by atoms with van der Waals surface area (Å²) < 4.78 is 3.41. The summed E-state index contributed by atoms with van der Waals surface area (Å²) in [5.74, 6) is 0. The molecule has 6 heteroatoms. The summed E-state index contributed by atoms with van der Waals surface area (Å²) >= 11 is 0. The van der Waals surface area contributed by atoms with E-state index < -0.39 is 0 Å². The standard InChI is InChI=1S/C15H10N6/c16-6-14-15(7-17)20(11-18-14)9-12-8-19-21(10-12)13-4-2-1-3-5-13/h1-5,8,10-11H,9H2. The monoisotopic (exact) mass is 274 g/mol. The van der Waals surface area contributed by atoms with Gasteiger partial charge in [0.15, 0.2) is 11.4 Å². The van der Waals surface area contributed by atoms with Crippen molar-refractivity contribution in [1.29, 1.82) is 10.5 Å². The van der Waals surface area contributed by atoms with E-state index >= 15 is 0 Å². The van der Waals surface area contributed by atoms with Crippen molar-refractivity contribution in [3.05, 3.63) is 66.0 Å². The van der Waals surface area contributed by atoms with Crippen molar-refractivity contribution in [3.63, 3.8) is 0 Å². The number of para-hydroxylation sites is 1. The maximum absolute atomic E-state index is 9.10. The third-order valence-corrected chi connectivity index (χ3v) is 3.06. The zero-order valence-electron chi connectivity index (χ0n) is 11.0. The Hall–Kier alpha value is -3.38. The van der Waals surface area contributed by atoms with Crippen molar-refractivity contribution in [2.24, 2.45) is 0 Å². The second-order valence-electron chi connectivity index (χ2n) is 4.42. The molecular weight excluding hydrogens is 264 g/mol. The van der Waals surface area contributed by atoms with Crippen molar-refractivity contribution >= 4 is 0 Å². The average Bonchev–Trinajstić information content (AvgIpc) is 3.15. The molecule has 0 bridgehead atoms. The highest BCUT2D eigenvalue weighted by molar-refractivity contribution is 5.37. The highest BCUT2D eigenvalue weighted by Gasteiger charge is 2.11. The molecule has 0 fully saturated rings. The summed E-state index contributed by atoms with van der Waals surface area (Å²) in [6.07, 6.45) is 5.12. The number of hydrogen-bond acceptors (Lipinski definition) is 4. The van der Waals surface area contributed by atoms with E-state index in [4.69, 9.17) is 10.5 Å². The fourth-order valence-corrected chi connectivity index (χ4v) is 2.06. The lowest BCUT2D eigenvalue weighted by Gasteiger charge is -2.01. The van der Waals surface area contributed by atoms with Gasteiger partial charge in [0, 0.05) is 11.8 Å². The van der Waals surface area contributed by atoms with Gasteiger partial charge < -0.3 is 4.57 Å². The molecular formula is C15H10N6. The minimum atomic E-state index is 0.146. The molecule has 0 unspecified atom stereocenters. The van der Waals surface area contributed by atoms with Crippen molar-refractivity contribution in [2.75, 3.05) is 0 Å². The Labute approximate surface area is 121 Å². The smallest absolute Gasteiger partial charge is 0.176 e. The predicted octanol–water partition coefficient (Wildman–Crippen LogP) is 1.86. The van der Waals surface area contributed by atoms with Crippen LogP contribution in [0.4, 0.5) is 0 Å². The van der Waals surface area contributed by atoms with Crippen LogP contribution in [0.3, 0.4) is 0 Å². The Balaban J connectivity index is 1.88. The molecule has 3 aromatic rings. The van der Waals surface area contributed by atoms with E-state index in [0.29, 0.717) is 6.54 Å². The summed E-state index contributed by atoms with van der Waals surface area (Å²) in [6, 6.07) is 13.7. The van der Waals surface area contributed by atoms with Crippen molar-refractivity contribution in [3.8, 4) is 17.8 Å². The number of benzene rings is 1. The Bertz CT molecular complexity index is 844. The number of nitriles is 2. The van der Waals surface area contributed by atoms with Crippen LogP contribution in [0.1, 0.15) is 17.0 Å². The van der Waals surface area contributed by atoms with Crippen molar-refractivity contribution in [2.45, 2.75) is 6.54 Å². The summed E-state index contributed by atoms with van der Waals surface area (Å²) in [5.41, 5.74) is 2.31. The number of rotatable bonds is 3. The topological polar surface area (TPSA) is 83.2 Å². The number of imidazole rings is 1. The predicted molar refractivity (Wildman–Crippen MR) is 74.3 cm³/mol. The number of nitrogens with zero attached hydrogens (tertiary/aromatic N) is 6. The minimum absolute atomic E-state index is 0.146. The molecule has 3 rings (SSSR count). The van der Waals surface area contributed by atoms with Crippen LogP contribution >= 0.6 is 0 Å². The first-order chi connectivity index (χ1) is 10.3. The zero-order valence-corrected chi connectivity index (χ0v) is 11.0. The number of hydrogen-bond donors (Lipinski definition) is 0. The number of aromatic nitrogens is 4. The summed E-state index contributed by atoms with van der Waals surface area (Å²) in [4.78, 5) is 3.92.